The summed E-state index contributed by atoms with van der Waals surface area (Å²) in [6, 6.07) is 13.5. The standard InChI is InChI=1S/C21H26N2O4/c1-16-4-6-17(7-5-16)27-15-21(24)23-12-10-22(11-13-23)19-14-18(25-2)8-9-20(19)26-3/h4-9,14H,10-13,15H2,1-3H3. The van der Waals surface area contributed by atoms with Gasteiger partial charge >= 0.3 is 0 Å². The summed E-state index contributed by atoms with van der Waals surface area (Å²) in [7, 11) is 3.31. The van der Waals surface area contributed by atoms with Gasteiger partial charge in [0.25, 0.3) is 5.91 Å². The van der Waals surface area contributed by atoms with Crippen LogP contribution in [0, 0.1) is 6.92 Å². The lowest BCUT2D eigenvalue weighted by Gasteiger charge is -2.36. The van der Waals surface area contributed by atoms with Gasteiger partial charge in [0, 0.05) is 32.2 Å². The molecule has 0 atom stereocenters. The fraction of sp³-hybridized carbons (Fsp3) is 0.381. The molecule has 2 aromatic rings. The second-order valence-corrected chi connectivity index (χ2v) is 6.51. The third-order valence-corrected chi connectivity index (χ3v) is 4.74. The first-order valence-electron chi connectivity index (χ1n) is 9.05. The van der Waals surface area contributed by atoms with Crippen LogP contribution in [0.4, 0.5) is 5.69 Å². The number of hydrogen-bond donors (Lipinski definition) is 0. The fourth-order valence-corrected chi connectivity index (χ4v) is 3.11. The molecule has 1 amide bonds. The van der Waals surface area contributed by atoms with Crippen molar-refractivity contribution in [2.24, 2.45) is 0 Å². The van der Waals surface area contributed by atoms with Crippen molar-refractivity contribution in [1.82, 2.24) is 4.90 Å². The minimum absolute atomic E-state index is 0.00725. The maximum absolute atomic E-state index is 12.4. The van der Waals surface area contributed by atoms with Crippen LogP contribution in [0.25, 0.3) is 0 Å². The number of nitrogens with zero attached hydrogens (tertiary/aromatic N) is 2. The third kappa shape index (κ3) is 4.64. The number of methoxy groups -OCH3 is 2. The molecule has 0 N–H and O–H groups in total. The van der Waals surface area contributed by atoms with E-state index < -0.39 is 0 Å². The van der Waals surface area contributed by atoms with Gasteiger partial charge in [-0.3, -0.25) is 4.79 Å². The van der Waals surface area contributed by atoms with Crippen LogP contribution in [0.2, 0.25) is 0 Å². The molecule has 6 heteroatoms. The number of piperazine rings is 1. The van der Waals surface area contributed by atoms with E-state index in [0.29, 0.717) is 18.8 Å². The molecule has 0 saturated carbocycles. The molecular weight excluding hydrogens is 344 g/mol. The molecule has 0 radical (unpaired) electrons. The minimum Gasteiger partial charge on any atom is -0.497 e. The molecule has 27 heavy (non-hydrogen) atoms. The number of aryl methyl sites for hydroxylation is 1. The highest BCUT2D eigenvalue weighted by Gasteiger charge is 2.23. The number of carbonyl (C=O) groups is 1. The van der Waals surface area contributed by atoms with E-state index in [1.165, 1.54) is 0 Å². The molecule has 0 aliphatic carbocycles. The van der Waals surface area contributed by atoms with E-state index in [2.05, 4.69) is 4.90 Å². The first kappa shape index (κ1) is 18.9. The number of hydrogen-bond acceptors (Lipinski definition) is 5. The average Bonchev–Trinajstić information content (AvgIpc) is 2.72. The molecule has 3 rings (SSSR count). The van der Waals surface area contributed by atoms with Gasteiger partial charge in [-0.2, -0.15) is 0 Å². The lowest BCUT2D eigenvalue weighted by molar-refractivity contribution is -0.133. The van der Waals surface area contributed by atoms with Crippen molar-refractivity contribution in [3.63, 3.8) is 0 Å². The van der Waals surface area contributed by atoms with E-state index in [1.807, 2.05) is 54.3 Å². The Hall–Kier alpha value is -2.89. The van der Waals surface area contributed by atoms with E-state index in [0.717, 1.165) is 35.8 Å². The summed E-state index contributed by atoms with van der Waals surface area (Å²) in [6.45, 7) is 4.85. The van der Waals surface area contributed by atoms with Crippen molar-refractivity contribution in [2.45, 2.75) is 6.92 Å². The van der Waals surface area contributed by atoms with Gasteiger partial charge in [-0.15, -0.1) is 0 Å². The van der Waals surface area contributed by atoms with Crippen LogP contribution in [0.1, 0.15) is 5.56 Å². The molecule has 1 fully saturated rings. The summed E-state index contributed by atoms with van der Waals surface area (Å²) in [5, 5.41) is 0. The van der Waals surface area contributed by atoms with E-state index in [9.17, 15) is 4.79 Å². The maximum Gasteiger partial charge on any atom is 0.260 e. The summed E-state index contributed by atoms with van der Waals surface area (Å²) >= 11 is 0. The predicted molar refractivity (Wildman–Crippen MR) is 105 cm³/mol. The summed E-state index contributed by atoms with van der Waals surface area (Å²) < 4.78 is 16.4. The first-order valence-corrected chi connectivity index (χ1v) is 9.05. The highest BCUT2D eigenvalue weighted by atomic mass is 16.5. The normalized spacial score (nSPS) is 14.0. The zero-order chi connectivity index (χ0) is 19.2. The molecule has 1 aliphatic rings. The van der Waals surface area contributed by atoms with Crippen LogP contribution >= 0.6 is 0 Å². The molecular formula is C21H26N2O4. The van der Waals surface area contributed by atoms with Crippen LogP contribution in [0.5, 0.6) is 17.2 Å². The number of rotatable bonds is 6. The van der Waals surface area contributed by atoms with Crippen molar-refractivity contribution in [2.75, 3.05) is 51.9 Å². The highest BCUT2D eigenvalue weighted by molar-refractivity contribution is 5.78. The Bertz CT molecular complexity index is 768. The quantitative estimate of drug-likeness (QED) is 0.783. The first-order chi connectivity index (χ1) is 13.1. The van der Waals surface area contributed by atoms with Gasteiger partial charge in [-0.05, 0) is 31.2 Å². The molecule has 1 aliphatic heterocycles. The van der Waals surface area contributed by atoms with Gasteiger partial charge < -0.3 is 24.0 Å². The zero-order valence-corrected chi connectivity index (χ0v) is 16.1. The molecule has 6 nitrogen and oxygen atoms in total. The van der Waals surface area contributed by atoms with Crippen LogP contribution < -0.4 is 19.1 Å². The summed E-state index contributed by atoms with van der Waals surface area (Å²) in [5.41, 5.74) is 2.15. The maximum atomic E-state index is 12.4. The number of anilines is 1. The second-order valence-electron chi connectivity index (χ2n) is 6.51. The molecule has 1 heterocycles. The van der Waals surface area contributed by atoms with Gasteiger partial charge in [-0.1, -0.05) is 17.7 Å². The van der Waals surface area contributed by atoms with Gasteiger partial charge in [-0.25, -0.2) is 0 Å². The van der Waals surface area contributed by atoms with Gasteiger partial charge in [0.05, 0.1) is 19.9 Å². The molecule has 2 aromatic carbocycles. The van der Waals surface area contributed by atoms with E-state index in [4.69, 9.17) is 14.2 Å². The predicted octanol–water partition coefficient (Wildman–Crippen LogP) is 2.74. The van der Waals surface area contributed by atoms with E-state index in [-0.39, 0.29) is 12.5 Å². The molecule has 0 aromatic heterocycles. The Morgan fingerprint density at radius 3 is 2.22 bits per heavy atom. The number of benzene rings is 2. The van der Waals surface area contributed by atoms with Crippen molar-refractivity contribution in [3.8, 4) is 17.2 Å². The average molecular weight is 370 g/mol. The molecule has 0 spiro atoms. The number of carbonyl (C=O) groups excluding carboxylic acids is 1. The minimum atomic E-state index is 0.00725. The highest BCUT2D eigenvalue weighted by Crippen LogP contribution is 2.32. The summed E-state index contributed by atoms with van der Waals surface area (Å²) in [4.78, 5) is 16.5. The lowest BCUT2D eigenvalue weighted by Crippen LogP contribution is -2.50. The van der Waals surface area contributed by atoms with Gasteiger partial charge in [0.1, 0.15) is 17.2 Å². The van der Waals surface area contributed by atoms with Crippen LogP contribution in [-0.4, -0.2) is 57.8 Å². The summed E-state index contributed by atoms with van der Waals surface area (Å²) in [5.74, 6) is 2.32. The number of ether oxygens (including phenoxy) is 3. The molecule has 144 valence electrons. The lowest BCUT2D eigenvalue weighted by atomic mass is 10.2. The Morgan fingerprint density at radius 1 is 0.926 bits per heavy atom. The fourth-order valence-electron chi connectivity index (χ4n) is 3.11. The van der Waals surface area contributed by atoms with E-state index >= 15 is 0 Å². The van der Waals surface area contributed by atoms with Crippen LogP contribution in [0.15, 0.2) is 42.5 Å². The zero-order valence-electron chi connectivity index (χ0n) is 16.1. The van der Waals surface area contributed by atoms with Crippen LogP contribution in [0.3, 0.4) is 0 Å². The Labute approximate surface area is 160 Å². The molecule has 0 unspecified atom stereocenters. The monoisotopic (exact) mass is 370 g/mol. The van der Waals surface area contributed by atoms with Crippen molar-refractivity contribution in [3.05, 3.63) is 48.0 Å². The Kier molecular flexibility index (Phi) is 6.06. The third-order valence-electron chi connectivity index (χ3n) is 4.74. The number of amides is 1. The largest absolute Gasteiger partial charge is 0.497 e. The van der Waals surface area contributed by atoms with Crippen molar-refractivity contribution < 1.29 is 19.0 Å². The van der Waals surface area contributed by atoms with Crippen LogP contribution in [-0.2, 0) is 4.79 Å². The Balaban J connectivity index is 1.55. The second kappa shape index (κ2) is 8.66. The van der Waals surface area contributed by atoms with Crippen molar-refractivity contribution >= 4 is 11.6 Å². The van der Waals surface area contributed by atoms with Crippen molar-refractivity contribution in [1.29, 1.82) is 0 Å². The van der Waals surface area contributed by atoms with Gasteiger partial charge in [0.15, 0.2) is 6.61 Å². The topological polar surface area (TPSA) is 51.2 Å². The van der Waals surface area contributed by atoms with Gasteiger partial charge in [0.2, 0.25) is 0 Å². The Morgan fingerprint density at radius 2 is 1.59 bits per heavy atom. The SMILES string of the molecule is COc1ccc(OC)c(N2CCN(C(=O)COc3ccc(C)cc3)CC2)c1. The van der Waals surface area contributed by atoms with E-state index in [1.54, 1.807) is 14.2 Å². The summed E-state index contributed by atoms with van der Waals surface area (Å²) in [6.07, 6.45) is 0. The molecule has 1 saturated heterocycles. The smallest absolute Gasteiger partial charge is 0.260 e. The molecule has 0 bridgehead atoms.